The molecule has 60 valence electrons. The minimum Gasteiger partial charge on any atom is -0.330 e. The molecular weight excluding hydrogens is 138 g/mol. The molecule has 0 fully saturated rings. The Balaban J connectivity index is 2.18. The molecule has 0 spiro atoms. The van der Waals surface area contributed by atoms with Gasteiger partial charge < -0.3 is 5.73 Å². The number of nitrogens with zero attached hydrogens (tertiary/aromatic N) is 1. The van der Waals surface area contributed by atoms with Crippen LogP contribution in [0.1, 0.15) is 30.0 Å². The normalized spacial score (nSPS) is 22.1. The molecule has 0 aliphatic heterocycles. The van der Waals surface area contributed by atoms with Crippen molar-refractivity contribution in [1.82, 2.24) is 10.2 Å². The fraction of sp³-hybridized carbons (Fsp3) is 0.625. The number of rotatable bonds is 2. The summed E-state index contributed by atoms with van der Waals surface area (Å²) in [6, 6.07) is 0. The zero-order valence-corrected chi connectivity index (χ0v) is 6.51. The quantitative estimate of drug-likeness (QED) is 0.656. The van der Waals surface area contributed by atoms with Gasteiger partial charge in [-0.05, 0) is 31.4 Å². The van der Waals surface area contributed by atoms with E-state index in [0.717, 1.165) is 13.0 Å². The summed E-state index contributed by atoms with van der Waals surface area (Å²) in [4.78, 5) is 0. The Bertz CT molecular complexity index is 241. The second-order valence-electron chi connectivity index (χ2n) is 3.12. The molecule has 0 bridgehead atoms. The molecule has 3 N–H and O–H groups in total. The third-order valence-corrected chi connectivity index (χ3v) is 2.44. The molecule has 1 atom stereocenters. The summed E-state index contributed by atoms with van der Waals surface area (Å²) >= 11 is 0. The van der Waals surface area contributed by atoms with Crippen molar-refractivity contribution < 1.29 is 0 Å². The van der Waals surface area contributed by atoms with Gasteiger partial charge in [0.05, 0.1) is 6.20 Å². The molecule has 1 aromatic heterocycles. The maximum atomic E-state index is 5.50. The van der Waals surface area contributed by atoms with E-state index in [4.69, 9.17) is 5.73 Å². The average molecular weight is 151 g/mol. The minimum absolute atomic E-state index is 0.650. The van der Waals surface area contributed by atoms with E-state index < -0.39 is 0 Å². The first kappa shape index (κ1) is 6.85. The van der Waals surface area contributed by atoms with E-state index in [1.165, 1.54) is 24.1 Å². The lowest BCUT2D eigenvalue weighted by Crippen LogP contribution is -2.05. The summed E-state index contributed by atoms with van der Waals surface area (Å²) in [5.41, 5.74) is 8.22. The van der Waals surface area contributed by atoms with Crippen LogP contribution in [0.2, 0.25) is 0 Å². The van der Waals surface area contributed by atoms with Crippen LogP contribution in [0.15, 0.2) is 6.20 Å². The van der Waals surface area contributed by atoms with E-state index in [1.807, 2.05) is 6.20 Å². The molecule has 0 radical (unpaired) electrons. The fourth-order valence-electron chi connectivity index (χ4n) is 1.84. The van der Waals surface area contributed by atoms with Gasteiger partial charge in [-0.15, -0.1) is 0 Å². The third kappa shape index (κ3) is 1.05. The number of hydrogen-bond acceptors (Lipinski definition) is 2. The number of hydrogen-bond donors (Lipinski definition) is 2. The van der Waals surface area contributed by atoms with Crippen LogP contribution in [-0.4, -0.2) is 16.7 Å². The van der Waals surface area contributed by atoms with Crippen molar-refractivity contribution in [1.29, 1.82) is 0 Å². The van der Waals surface area contributed by atoms with Gasteiger partial charge in [-0.3, -0.25) is 5.10 Å². The van der Waals surface area contributed by atoms with Gasteiger partial charge in [-0.1, -0.05) is 0 Å². The Labute approximate surface area is 66.0 Å². The highest BCUT2D eigenvalue weighted by Gasteiger charge is 2.22. The topological polar surface area (TPSA) is 54.7 Å². The molecule has 0 aromatic carbocycles. The van der Waals surface area contributed by atoms with Crippen molar-refractivity contribution in [3.63, 3.8) is 0 Å². The largest absolute Gasteiger partial charge is 0.330 e. The van der Waals surface area contributed by atoms with Crippen LogP contribution in [0.4, 0.5) is 0 Å². The second kappa shape index (κ2) is 2.66. The number of nitrogens with one attached hydrogen (secondary N) is 1. The fourth-order valence-corrected chi connectivity index (χ4v) is 1.84. The van der Waals surface area contributed by atoms with E-state index in [0.29, 0.717) is 5.92 Å². The van der Waals surface area contributed by atoms with Crippen LogP contribution in [0, 0.1) is 0 Å². The predicted octanol–water partition coefficient (Wildman–Crippen LogP) is 0.788. The molecule has 1 aliphatic carbocycles. The minimum atomic E-state index is 0.650. The monoisotopic (exact) mass is 151 g/mol. The maximum Gasteiger partial charge on any atom is 0.0522 e. The second-order valence-corrected chi connectivity index (χ2v) is 3.12. The number of aromatic nitrogens is 2. The first-order valence-corrected chi connectivity index (χ1v) is 4.14. The van der Waals surface area contributed by atoms with Gasteiger partial charge >= 0.3 is 0 Å². The smallest absolute Gasteiger partial charge is 0.0522 e. The third-order valence-electron chi connectivity index (χ3n) is 2.44. The molecular formula is C8H13N3. The van der Waals surface area contributed by atoms with E-state index >= 15 is 0 Å². The lowest BCUT2D eigenvalue weighted by Gasteiger charge is -2.05. The lowest BCUT2D eigenvalue weighted by molar-refractivity contribution is 0.608. The van der Waals surface area contributed by atoms with Crippen molar-refractivity contribution in [2.24, 2.45) is 5.73 Å². The van der Waals surface area contributed by atoms with Crippen LogP contribution >= 0.6 is 0 Å². The predicted molar refractivity (Wildman–Crippen MR) is 43.3 cm³/mol. The van der Waals surface area contributed by atoms with Gasteiger partial charge in [0, 0.05) is 11.6 Å². The zero-order valence-electron chi connectivity index (χ0n) is 6.51. The highest BCUT2D eigenvalue weighted by molar-refractivity contribution is 5.25. The van der Waals surface area contributed by atoms with Gasteiger partial charge in [0.25, 0.3) is 0 Å². The Hall–Kier alpha value is -0.830. The number of aryl methyl sites for hydroxylation is 1. The Morgan fingerprint density at radius 2 is 2.64 bits per heavy atom. The van der Waals surface area contributed by atoms with E-state index in [9.17, 15) is 0 Å². The molecule has 1 heterocycles. The first-order valence-electron chi connectivity index (χ1n) is 4.14. The van der Waals surface area contributed by atoms with Crippen LogP contribution in [0.25, 0.3) is 0 Å². The summed E-state index contributed by atoms with van der Waals surface area (Å²) in [5, 5.41) is 7.06. The SMILES string of the molecule is NCCC1CCc2cn[nH]c21. The lowest BCUT2D eigenvalue weighted by atomic mass is 10.0. The Morgan fingerprint density at radius 1 is 1.73 bits per heavy atom. The maximum absolute atomic E-state index is 5.50. The number of H-pyrrole nitrogens is 1. The summed E-state index contributed by atoms with van der Waals surface area (Å²) < 4.78 is 0. The number of aromatic amines is 1. The summed E-state index contributed by atoms with van der Waals surface area (Å²) in [6.45, 7) is 0.781. The van der Waals surface area contributed by atoms with Crippen LogP contribution in [0.3, 0.4) is 0 Å². The van der Waals surface area contributed by atoms with E-state index in [-0.39, 0.29) is 0 Å². The molecule has 3 heteroatoms. The molecule has 2 rings (SSSR count). The Kier molecular flexibility index (Phi) is 1.66. The van der Waals surface area contributed by atoms with Crippen LogP contribution in [-0.2, 0) is 6.42 Å². The molecule has 0 saturated carbocycles. The van der Waals surface area contributed by atoms with Crippen molar-refractivity contribution in [3.8, 4) is 0 Å². The van der Waals surface area contributed by atoms with Crippen molar-refractivity contribution in [2.75, 3.05) is 6.54 Å². The van der Waals surface area contributed by atoms with Crippen molar-refractivity contribution in [3.05, 3.63) is 17.5 Å². The molecule has 3 nitrogen and oxygen atoms in total. The standard InChI is InChI=1S/C8H13N3/c9-4-3-6-1-2-7-5-10-11-8(6)7/h5-6H,1-4,9H2,(H,10,11). The van der Waals surface area contributed by atoms with Gasteiger partial charge in [-0.25, -0.2) is 0 Å². The molecule has 0 amide bonds. The van der Waals surface area contributed by atoms with Crippen LogP contribution in [0.5, 0.6) is 0 Å². The van der Waals surface area contributed by atoms with Gasteiger partial charge in [0.2, 0.25) is 0 Å². The zero-order chi connectivity index (χ0) is 7.68. The summed E-state index contributed by atoms with van der Waals surface area (Å²) in [7, 11) is 0. The molecule has 11 heavy (non-hydrogen) atoms. The van der Waals surface area contributed by atoms with Gasteiger partial charge in [0.1, 0.15) is 0 Å². The van der Waals surface area contributed by atoms with Crippen molar-refractivity contribution in [2.45, 2.75) is 25.2 Å². The molecule has 0 saturated heterocycles. The molecule has 1 unspecified atom stereocenters. The summed E-state index contributed by atoms with van der Waals surface area (Å²) in [6.07, 6.45) is 5.46. The number of nitrogens with two attached hydrogens (primary N) is 1. The highest BCUT2D eigenvalue weighted by atomic mass is 15.1. The average Bonchev–Trinajstić information content (AvgIpc) is 2.53. The molecule has 1 aliphatic rings. The van der Waals surface area contributed by atoms with Crippen molar-refractivity contribution >= 4 is 0 Å². The summed E-state index contributed by atoms with van der Waals surface area (Å²) in [5.74, 6) is 0.650. The Morgan fingerprint density at radius 3 is 3.45 bits per heavy atom. The van der Waals surface area contributed by atoms with Gasteiger partial charge in [-0.2, -0.15) is 5.10 Å². The first-order chi connectivity index (χ1) is 5.42. The van der Waals surface area contributed by atoms with Crippen LogP contribution < -0.4 is 5.73 Å². The van der Waals surface area contributed by atoms with Gasteiger partial charge in [0.15, 0.2) is 0 Å². The van der Waals surface area contributed by atoms with E-state index in [1.54, 1.807) is 0 Å². The number of fused-ring (bicyclic) bond motifs is 1. The molecule has 1 aromatic rings. The van der Waals surface area contributed by atoms with E-state index in [2.05, 4.69) is 10.2 Å². The highest BCUT2D eigenvalue weighted by Crippen LogP contribution is 2.32.